The fourth-order valence-corrected chi connectivity index (χ4v) is 0.403. The van der Waals surface area contributed by atoms with Gasteiger partial charge in [-0.3, -0.25) is 0 Å². The Bertz CT molecular complexity index is 130. The van der Waals surface area contributed by atoms with Gasteiger partial charge in [0.15, 0.2) is 0 Å². The molecule has 0 atom stereocenters. The predicted octanol–water partition coefficient (Wildman–Crippen LogP) is 1.01. The summed E-state index contributed by atoms with van der Waals surface area (Å²) in [5, 5.41) is 8.33. The SMILES string of the molecule is I.OCc1ccco1.[Al]. The van der Waals surface area contributed by atoms with Crippen LogP contribution >= 0.6 is 24.0 Å². The Balaban J connectivity index is 0. The van der Waals surface area contributed by atoms with E-state index >= 15 is 0 Å². The van der Waals surface area contributed by atoms with Gasteiger partial charge in [0.25, 0.3) is 0 Å². The van der Waals surface area contributed by atoms with Crippen molar-refractivity contribution < 1.29 is 9.52 Å². The topological polar surface area (TPSA) is 33.4 Å². The van der Waals surface area contributed by atoms with E-state index in [2.05, 4.69) is 0 Å². The van der Waals surface area contributed by atoms with Gasteiger partial charge in [-0.1, -0.05) is 0 Å². The highest BCUT2D eigenvalue weighted by Crippen LogP contribution is 1.96. The lowest BCUT2D eigenvalue weighted by Crippen LogP contribution is -1.72. The number of hydrogen-bond acceptors (Lipinski definition) is 2. The van der Waals surface area contributed by atoms with Gasteiger partial charge in [-0.15, -0.1) is 24.0 Å². The van der Waals surface area contributed by atoms with E-state index in [0.29, 0.717) is 5.76 Å². The Morgan fingerprint density at radius 2 is 2.22 bits per heavy atom. The zero-order valence-corrected chi connectivity index (χ0v) is 8.27. The lowest BCUT2D eigenvalue weighted by atomic mass is 10.5. The molecule has 0 saturated heterocycles. The summed E-state index contributed by atoms with van der Waals surface area (Å²) in [6.45, 7) is -0.00694. The van der Waals surface area contributed by atoms with Crippen LogP contribution in [0.2, 0.25) is 0 Å². The van der Waals surface area contributed by atoms with Crippen LogP contribution in [0.4, 0.5) is 0 Å². The zero-order chi connectivity index (χ0) is 5.11. The number of halogens is 1. The van der Waals surface area contributed by atoms with Crippen LogP contribution < -0.4 is 0 Å². The summed E-state index contributed by atoms with van der Waals surface area (Å²) in [6, 6.07) is 3.46. The Morgan fingerprint density at radius 3 is 2.44 bits per heavy atom. The van der Waals surface area contributed by atoms with Crippen molar-refractivity contribution in [3.8, 4) is 0 Å². The molecule has 4 heteroatoms. The molecule has 0 spiro atoms. The fourth-order valence-electron chi connectivity index (χ4n) is 0.403. The van der Waals surface area contributed by atoms with Gasteiger partial charge in [0.2, 0.25) is 0 Å². The van der Waals surface area contributed by atoms with Gasteiger partial charge < -0.3 is 9.52 Å². The van der Waals surface area contributed by atoms with Crippen molar-refractivity contribution in [3.63, 3.8) is 0 Å². The molecule has 1 aromatic rings. The quantitative estimate of drug-likeness (QED) is 0.598. The first-order valence-corrected chi connectivity index (χ1v) is 2.06. The average molecular weight is 253 g/mol. The standard InChI is InChI=1S/C5H6O2.Al.HI/c6-4-5-2-1-3-7-5;;/h1-3,6H,4H2;;1H. The third-order valence-electron chi connectivity index (χ3n) is 0.736. The maximum atomic E-state index is 8.33. The van der Waals surface area contributed by atoms with E-state index in [4.69, 9.17) is 9.52 Å². The van der Waals surface area contributed by atoms with Crippen LogP contribution in [0.25, 0.3) is 0 Å². The maximum absolute atomic E-state index is 8.33. The Hall–Kier alpha value is 0.502. The number of aliphatic hydroxyl groups excluding tert-OH is 1. The van der Waals surface area contributed by atoms with Gasteiger partial charge in [0.05, 0.1) is 6.26 Å². The highest BCUT2D eigenvalue weighted by Gasteiger charge is 1.85. The second-order valence-electron chi connectivity index (χ2n) is 1.24. The summed E-state index contributed by atoms with van der Waals surface area (Å²) in [7, 11) is 0. The molecular weight excluding hydrogens is 246 g/mol. The molecule has 0 aliphatic carbocycles. The predicted molar refractivity (Wildman–Crippen MR) is 45.8 cm³/mol. The number of furan rings is 1. The largest absolute Gasteiger partial charge is 0.467 e. The number of hydrogen-bond donors (Lipinski definition) is 1. The first kappa shape index (κ1) is 12.2. The van der Waals surface area contributed by atoms with Crippen molar-refractivity contribution in [1.82, 2.24) is 0 Å². The molecule has 1 heterocycles. The summed E-state index contributed by atoms with van der Waals surface area (Å²) in [6.07, 6.45) is 1.53. The van der Waals surface area contributed by atoms with Crippen molar-refractivity contribution >= 4 is 41.3 Å². The molecule has 0 unspecified atom stereocenters. The van der Waals surface area contributed by atoms with Gasteiger partial charge in [-0.2, -0.15) is 0 Å². The highest BCUT2D eigenvalue weighted by atomic mass is 127. The highest BCUT2D eigenvalue weighted by molar-refractivity contribution is 14.0. The van der Waals surface area contributed by atoms with E-state index in [-0.39, 0.29) is 47.9 Å². The Kier molecular flexibility index (Phi) is 8.98. The molecule has 0 fully saturated rings. The van der Waals surface area contributed by atoms with Gasteiger partial charge in [0.1, 0.15) is 12.4 Å². The minimum Gasteiger partial charge on any atom is -0.467 e. The van der Waals surface area contributed by atoms with Crippen LogP contribution in [-0.4, -0.2) is 22.5 Å². The van der Waals surface area contributed by atoms with E-state index in [1.807, 2.05) is 0 Å². The zero-order valence-electron chi connectivity index (χ0n) is 4.78. The molecule has 0 aromatic carbocycles. The molecule has 0 saturated carbocycles. The second-order valence-corrected chi connectivity index (χ2v) is 1.24. The van der Waals surface area contributed by atoms with Crippen LogP contribution in [0.1, 0.15) is 5.76 Å². The molecule has 1 rings (SSSR count). The molecule has 1 aromatic heterocycles. The summed E-state index contributed by atoms with van der Waals surface area (Å²) in [5.74, 6) is 0.611. The Labute approximate surface area is 81.4 Å². The fraction of sp³-hybridized carbons (Fsp3) is 0.200. The van der Waals surface area contributed by atoms with E-state index in [1.54, 1.807) is 12.1 Å². The minimum absolute atomic E-state index is 0. The molecule has 0 bridgehead atoms. The van der Waals surface area contributed by atoms with Crippen molar-refractivity contribution in [3.05, 3.63) is 24.2 Å². The number of rotatable bonds is 1. The van der Waals surface area contributed by atoms with Crippen LogP contribution in [-0.2, 0) is 6.61 Å². The monoisotopic (exact) mass is 253 g/mol. The van der Waals surface area contributed by atoms with Crippen LogP contribution in [0.15, 0.2) is 22.8 Å². The smallest absolute Gasteiger partial charge is 0.129 e. The van der Waals surface area contributed by atoms with Gasteiger partial charge >= 0.3 is 0 Å². The third-order valence-corrected chi connectivity index (χ3v) is 0.736. The van der Waals surface area contributed by atoms with Gasteiger partial charge in [-0.25, -0.2) is 0 Å². The van der Waals surface area contributed by atoms with E-state index in [1.165, 1.54) is 6.26 Å². The molecule has 0 aliphatic heterocycles. The second kappa shape index (κ2) is 6.62. The van der Waals surface area contributed by atoms with Crippen LogP contribution in [0.3, 0.4) is 0 Å². The third kappa shape index (κ3) is 3.98. The summed E-state index contributed by atoms with van der Waals surface area (Å²) in [4.78, 5) is 0. The number of aliphatic hydroxyl groups is 1. The Morgan fingerprint density at radius 1 is 1.56 bits per heavy atom. The summed E-state index contributed by atoms with van der Waals surface area (Å²) < 4.78 is 4.73. The normalized spacial score (nSPS) is 7.22. The summed E-state index contributed by atoms with van der Waals surface area (Å²) in [5.41, 5.74) is 0. The first-order valence-electron chi connectivity index (χ1n) is 2.06. The molecule has 49 valence electrons. The van der Waals surface area contributed by atoms with E-state index < -0.39 is 0 Å². The molecule has 3 radical (unpaired) electrons. The van der Waals surface area contributed by atoms with Crippen molar-refractivity contribution in [2.75, 3.05) is 0 Å². The first-order chi connectivity index (χ1) is 3.43. The molecule has 9 heavy (non-hydrogen) atoms. The van der Waals surface area contributed by atoms with E-state index in [0.717, 1.165) is 0 Å². The lowest BCUT2D eigenvalue weighted by Gasteiger charge is -1.79. The van der Waals surface area contributed by atoms with Crippen LogP contribution in [0, 0.1) is 0 Å². The molecule has 1 N–H and O–H groups in total. The molecule has 0 aliphatic rings. The van der Waals surface area contributed by atoms with Crippen LogP contribution in [0.5, 0.6) is 0 Å². The average Bonchev–Trinajstić information content (AvgIpc) is 2.14. The van der Waals surface area contributed by atoms with E-state index in [9.17, 15) is 0 Å². The van der Waals surface area contributed by atoms with Crippen molar-refractivity contribution in [1.29, 1.82) is 0 Å². The van der Waals surface area contributed by atoms with Gasteiger partial charge in [0, 0.05) is 17.4 Å². The minimum atomic E-state index is -0.00694. The van der Waals surface area contributed by atoms with Crippen molar-refractivity contribution in [2.24, 2.45) is 0 Å². The van der Waals surface area contributed by atoms with Crippen molar-refractivity contribution in [2.45, 2.75) is 6.61 Å². The molecule has 2 nitrogen and oxygen atoms in total. The lowest BCUT2D eigenvalue weighted by molar-refractivity contribution is 0.247. The molecule has 0 amide bonds. The summed E-state index contributed by atoms with van der Waals surface area (Å²) >= 11 is 0. The van der Waals surface area contributed by atoms with Gasteiger partial charge in [-0.05, 0) is 12.1 Å². The molecular formula is C5H7AlIO2. The maximum Gasteiger partial charge on any atom is 0.129 e.